The number of hydrogen-bond acceptors (Lipinski definition) is 2. The third-order valence-electron chi connectivity index (χ3n) is 3.06. The lowest BCUT2D eigenvalue weighted by atomic mass is 10.2. The topological polar surface area (TPSA) is 20.3 Å². The van der Waals surface area contributed by atoms with Crippen LogP contribution >= 0.6 is 23.4 Å². The third-order valence-corrected chi connectivity index (χ3v) is 4.39. The van der Waals surface area contributed by atoms with Gasteiger partial charge in [-0.25, -0.2) is 0 Å². The maximum absolute atomic E-state index is 12.2. The minimum Gasteiger partial charge on any atom is -0.305 e. The Morgan fingerprint density at radius 3 is 2.68 bits per heavy atom. The first kappa shape index (κ1) is 12.6. The molecule has 0 N–H and O–H groups in total. The number of thioether (sulfide) groups is 1. The molecule has 4 heteroatoms. The number of carbonyl (C=O) groups excluding carboxylic acids is 1. The number of amides is 1. The highest BCUT2D eigenvalue weighted by molar-refractivity contribution is 8.00. The molecule has 1 amide bonds. The molecule has 0 radical (unpaired) electrons. The van der Waals surface area contributed by atoms with Crippen molar-refractivity contribution in [3.05, 3.63) is 59.1 Å². The van der Waals surface area contributed by atoms with Gasteiger partial charge in [0.25, 0.3) is 0 Å². The van der Waals surface area contributed by atoms with Gasteiger partial charge in [0.1, 0.15) is 0 Å². The maximum atomic E-state index is 12.2. The van der Waals surface area contributed by atoms with Crippen LogP contribution in [0.5, 0.6) is 0 Å². The lowest BCUT2D eigenvalue weighted by molar-refractivity contribution is -0.116. The average Bonchev–Trinajstić information content (AvgIpc) is 2.43. The summed E-state index contributed by atoms with van der Waals surface area (Å²) >= 11 is 7.81. The number of carbonyl (C=O) groups is 1. The van der Waals surface area contributed by atoms with E-state index in [2.05, 4.69) is 0 Å². The summed E-state index contributed by atoms with van der Waals surface area (Å²) in [7, 11) is 0. The van der Waals surface area contributed by atoms with Crippen molar-refractivity contribution in [2.24, 2.45) is 0 Å². The van der Waals surface area contributed by atoms with Crippen molar-refractivity contribution in [3.63, 3.8) is 0 Å². The second-order valence-corrected chi connectivity index (χ2v) is 5.77. The normalized spacial score (nSPS) is 14.4. The molecule has 1 heterocycles. The van der Waals surface area contributed by atoms with Crippen LogP contribution < -0.4 is 4.90 Å². The smallest absolute Gasteiger partial charge is 0.237 e. The van der Waals surface area contributed by atoms with E-state index in [-0.39, 0.29) is 5.91 Å². The Hall–Kier alpha value is -1.45. The number of anilines is 1. The second kappa shape index (κ2) is 5.27. The van der Waals surface area contributed by atoms with Crippen molar-refractivity contribution in [2.45, 2.75) is 11.4 Å². The molecular weight excluding hydrogens is 278 g/mol. The zero-order chi connectivity index (χ0) is 13.2. The van der Waals surface area contributed by atoms with E-state index in [1.807, 2.05) is 48.5 Å². The molecule has 0 unspecified atom stereocenters. The molecule has 19 heavy (non-hydrogen) atoms. The van der Waals surface area contributed by atoms with Crippen LogP contribution in [0.4, 0.5) is 5.69 Å². The minimum absolute atomic E-state index is 0.106. The highest BCUT2D eigenvalue weighted by Gasteiger charge is 2.26. The van der Waals surface area contributed by atoms with Crippen LogP contribution in [-0.4, -0.2) is 11.7 Å². The number of fused-ring (bicyclic) bond motifs is 1. The molecule has 2 aromatic carbocycles. The van der Waals surface area contributed by atoms with Gasteiger partial charge in [-0.05, 0) is 17.7 Å². The summed E-state index contributed by atoms with van der Waals surface area (Å²) in [5.74, 6) is 0.578. The van der Waals surface area contributed by atoms with Crippen molar-refractivity contribution in [3.8, 4) is 0 Å². The van der Waals surface area contributed by atoms with Crippen LogP contribution in [0, 0.1) is 0 Å². The molecule has 0 spiro atoms. The quantitative estimate of drug-likeness (QED) is 0.833. The van der Waals surface area contributed by atoms with Gasteiger partial charge in [0.15, 0.2) is 0 Å². The van der Waals surface area contributed by atoms with Crippen LogP contribution in [0.3, 0.4) is 0 Å². The molecule has 2 aromatic rings. The molecule has 2 nitrogen and oxygen atoms in total. The molecule has 3 rings (SSSR count). The number of para-hydroxylation sites is 1. The van der Waals surface area contributed by atoms with Gasteiger partial charge in [-0.1, -0.05) is 48.0 Å². The van der Waals surface area contributed by atoms with E-state index in [9.17, 15) is 4.79 Å². The summed E-state index contributed by atoms with van der Waals surface area (Å²) in [5, 5.41) is 0.633. The van der Waals surface area contributed by atoms with Crippen molar-refractivity contribution in [1.29, 1.82) is 0 Å². The van der Waals surface area contributed by atoms with Gasteiger partial charge in [0, 0.05) is 4.90 Å². The first-order valence-corrected chi connectivity index (χ1v) is 7.37. The summed E-state index contributed by atoms with van der Waals surface area (Å²) in [4.78, 5) is 15.0. The van der Waals surface area contributed by atoms with E-state index in [1.54, 1.807) is 16.7 Å². The van der Waals surface area contributed by atoms with Crippen LogP contribution in [0.15, 0.2) is 53.4 Å². The summed E-state index contributed by atoms with van der Waals surface area (Å²) in [6.45, 7) is 0.566. The van der Waals surface area contributed by atoms with Crippen LogP contribution in [0.1, 0.15) is 5.56 Å². The number of halogens is 1. The Morgan fingerprint density at radius 1 is 1.11 bits per heavy atom. The SMILES string of the molecule is O=C1CSc2cccc(Cl)c2N1Cc1ccccc1. The monoisotopic (exact) mass is 289 g/mol. The predicted molar refractivity (Wildman–Crippen MR) is 79.8 cm³/mol. The Balaban J connectivity index is 2.00. The molecule has 1 aliphatic heterocycles. The number of benzene rings is 2. The van der Waals surface area contributed by atoms with E-state index < -0.39 is 0 Å². The Labute approximate surface area is 121 Å². The Kier molecular flexibility index (Phi) is 3.49. The molecule has 0 bridgehead atoms. The lowest BCUT2D eigenvalue weighted by Gasteiger charge is -2.29. The molecule has 0 saturated heterocycles. The Bertz CT molecular complexity index is 615. The fourth-order valence-electron chi connectivity index (χ4n) is 2.15. The van der Waals surface area contributed by atoms with Crippen molar-refractivity contribution < 1.29 is 4.79 Å². The van der Waals surface area contributed by atoms with Crippen LogP contribution in [0.25, 0.3) is 0 Å². The molecule has 1 aliphatic rings. The second-order valence-electron chi connectivity index (χ2n) is 4.34. The average molecular weight is 290 g/mol. The Morgan fingerprint density at radius 2 is 1.89 bits per heavy atom. The first-order valence-electron chi connectivity index (χ1n) is 6.01. The van der Waals surface area contributed by atoms with E-state index in [0.29, 0.717) is 17.3 Å². The summed E-state index contributed by atoms with van der Waals surface area (Å²) < 4.78 is 0. The largest absolute Gasteiger partial charge is 0.305 e. The zero-order valence-corrected chi connectivity index (χ0v) is 11.7. The van der Waals surface area contributed by atoms with Gasteiger partial charge in [0.05, 0.1) is 23.0 Å². The number of hydrogen-bond donors (Lipinski definition) is 0. The van der Waals surface area contributed by atoms with Gasteiger partial charge >= 0.3 is 0 Å². The van der Waals surface area contributed by atoms with Gasteiger partial charge in [0.2, 0.25) is 5.91 Å². The lowest BCUT2D eigenvalue weighted by Crippen LogP contribution is -2.35. The fraction of sp³-hybridized carbons (Fsp3) is 0.133. The van der Waals surface area contributed by atoms with Gasteiger partial charge in [-0.15, -0.1) is 11.8 Å². The summed E-state index contributed by atoms with van der Waals surface area (Å²) in [6.07, 6.45) is 0. The van der Waals surface area contributed by atoms with E-state index in [1.165, 1.54) is 0 Å². The molecule has 0 fully saturated rings. The summed E-state index contributed by atoms with van der Waals surface area (Å²) in [6, 6.07) is 15.7. The van der Waals surface area contributed by atoms with E-state index >= 15 is 0 Å². The fourth-order valence-corrected chi connectivity index (χ4v) is 3.45. The first-order chi connectivity index (χ1) is 9.25. The minimum atomic E-state index is 0.106. The third kappa shape index (κ3) is 2.48. The highest BCUT2D eigenvalue weighted by atomic mass is 35.5. The predicted octanol–water partition coefficient (Wildman–Crippen LogP) is 3.98. The molecular formula is C15H12ClNOS. The van der Waals surface area contributed by atoms with E-state index in [0.717, 1.165) is 16.1 Å². The molecule has 0 aromatic heterocycles. The van der Waals surface area contributed by atoms with Crippen molar-refractivity contribution >= 4 is 35.0 Å². The molecule has 0 atom stereocenters. The molecule has 0 aliphatic carbocycles. The van der Waals surface area contributed by atoms with Crippen molar-refractivity contribution in [2.75, 3.05) is 10.7 Å². The van der Waals surface area contributed by atoms with Gasteiger partial charge in [-0.3, -0.25) is 4.79 Å². The standard InChI is InChI=1S/C15H12ClNOS/c16-12-7-4-8-13-15(12)17(14(18)10-19-13)9-11-5-2-1-3-6-11/h1-8H,9-10H2. The molecule has 96 valence electrons. The van der Waals surface area contributed by atoms with Crippen LogP contribution in [-0.2, 0) is 11.3 Å². The van der Waals surface area contributed by atoms with Crippen molar-refractivity contribution in [1.82, 2.24) is 0 Å². The molecule has 0 saturated carbocycles. The maximum Gasteiger partial charge on any atom is 0.237 e. The van der Waals surface area contributed by atoms with Gasteiger partial charge < -0.3 is 4.90 Å². The van der Waals surface area contributed by atoms with E-state index in [4.69, 9.17) is 11.6 Å². The summed E-state index contributed by atoms with van der Waals surface area (Å²) in [5.41, 5.74) is 1.95. The number of rotatable bonds is 2. The number of nitrogens with zero attached hydrogens (tertiary/aromatic N) is 1. The highest BCUT2D eigenvalue weighted by Crippen LogP contribution is 2.40. The zero-order valence-electron chi connectivity index (χ0n) is 10.2. The van der Waals surface area contributed by atoms with Gasteiger partial charge in [-0.2, -0.15) is 0 Å². The van der Waals surface area contributed by atoms with Crippen LogP contribution in [0.2, 0.25) is 5.02 Å².